The van der Waals surface area contributed by atoms with E-state index in [0.29, 0.717) is 6.04 Å². The van der Waals surface area contributed by atoms with Crippen LogP contribution in [-0.4, -0.2) is 55.6 Å². The van der Waals surface area contributed by atoms with E-state index in [0.717, 1.165) is 18.5 Å². The molecular weight excluding hydrogens is 234 g/mol. The zero-order chi connectivity index (χ0) is 13.7. The number of hydrogen-bond donors (Lipinski definition) is 1. The van der Waals surface area contributed by atoms with E-state index in [1.165, 1.54) is 64.5 Å². The summed E-state index contributed by atoms with van der Waals surface area (Å²) in [4.78, 5) is 5.09. The maximum atomic E-state index is 6.13. The van der Waals surface area contributed by atoms with Gasteiger partial charge in [-0.3, -0.25) is 4.90 Å². The molecule has 2 aliphatic rings. The minimum absolute atomic E-state index is 0.654. The van der Waals surface area contributed by atoms with Crippen molar-refractivity contribution in [2.24, 2.45) is 11.7 Å². The Labute approximate surface area is 119 Å². The fourth-order valence-electron chi connectivity index (χ4n) is 4.07. The largest absolute Gasteiger partial charge is 0.329 e. The van der Waals surface area contributed by atoms with Crippen LogP contribution in [0, 0.1) is 5.92 Å². The Bertz CT molecular complexity index is 238. The molecule has 1 aliphatic heterocycles. The molecule has 0 aromatic rings. The minimum atomic E-state index is 0.654. The molecule has 3 heteroatoms. The first kappa shape index (κ1) is 15.3. The molecule has 19 heavy (non-hydrogen) atoms. The van der Waals surface area contributed by atoms with Crippen molar-refractivity contribution < 1.29 is 0 Å². The molecule has 1 heterocycles. The topological polar surface area (TPSA) is 32.5 Å². The molecule has 3 nitrogen and oxygen atoms in total. The lowest BCUT2D eigenvalue weighted by Crippen LogP contribution is -2.51. The van der Waals surface area contributed by atoms with E-state index in [-0.39, 0.29) is 0 Å². The lowest BCUT2D eigenvalue weighted by atomic mass is 9.89. The monoisotopic (exact) mass is 267 g/mol. The molecule has 1 unspecified atom stereocenters. The fourth-order valence-corrected chi connectivity index (χ4v) is 4.07. The van der Waals surface area contributed by atoms with E-state index >= 15 is 0 Å². The first-order chi connectivity index (χ1) is 9.22. The summed E-state index contributed by atoms with van der Waals surface area (Å²) >= 11 is 0. The maximum Gasteiger partial charge on any atom is 0.0246 e. The molecule has 2 N–H and O–H groups in total. The Balaban J connectivity index is 1.87. The van der Waals surface area contributed by atoms with Crippen molar-refractivity contribution >= 4 is 0 Å². The number of rotatable bonds is 4. The summed E-state index contributed by atoms with van der Waals surface area (Å²) in [6.45, 7) is 3.36. The number of hydrogen-bond acceptors (Lipinski definition) is 3. The third-order valence-electron chi connectivity index (χ3n) is 5.38. The van der Waals surface area contributed by atoms with Crippen LogP contribution in [-0.2, 0) is 0 Å². The zero-order valence-electron chi connectivity index (χ0n) is 13.0. The van der Waals surface area contributed by atoms with Crippen molar-refractivity contribution in [3.63, 3.8) is 0 Å². The summed E-state index contributed by atoms with van der Waals surface area (Å²) in [5, 5.41) is 0. The molecule has 1 aliphatic carbocycles. The summed E-state index contributed by atoms with van der Waals surface area (Å²) in [5.41, 5.74) is 6.13. The van der Waals surface area contributed by atoms with Crippen LogP contribution in [0.3, 0.4) is 0 Å². The summed E-state index contributed by atoms with van der Waals surface area (Å²) in [5.74, 6) is 0.864. The van der Waals surface area contributed by atoms with Gasteiger partial charge in [0.2, 0.25) is 0 Å². The number of nitrogens with zero attached hydrogens (tertiary/aromatic N) is 2. The van der Waals surface area contributed by atoms with E-state index in [1.54, 1.807) is 0 Å². The van der Waals surface area contributed by atoms with E-state index < -0.39 is 0 Å². The molecule has 1 saturated heterocycles. The molecule has 0 radical (unpaired) electrons. The molecule has 1 atom stereocenters. The van der Waals surface area contributed by atoms with Gasteiger partial charge in [0.05, 0.1) is 0 Å². The van der Waals surface area contributed by atoms with E-state index in [1.807, 2.05) is 0 Å². The average Bonchev–Trinajstić information content (AvgIpc) is 2.69. The Morgan fingerprint density at radius 3 is 2.05 bits per heavy atom. The van der Waals surface area contributed by atoms with Crippen molar-refractivity contribution in [2.45, 2.75) is 63.5 Å². The lowest BCUT2D eigenvalue weighted by molar-refractivity contribution is 0.0782. The smallest absolute Gasteiger partial charge is 0.0246 e. The minimum Gasteiger partial charge on any atom is -0.329 e. The van der Waals surface area contributed by atoms with E-state index in [2.05, 4.69) is 23.9 Å². The van der Waals surface area contributed by atoms with E-state index in [9.17, 15) is 0 Å². The molecule has 0 bridgehead atoms. The van der Waals surface area contributed by atoms with Crippen LogP contribution in [0.25, 0.3) is 0 Å². The molecule has 0 aromatic carbocycles. The second-order valence-corrected chi connectivity index (χ2v) is 6.79. The van der Waals surface area contributed by atoms with Crippen LogP contribution in [0.5, 0.6) is 0 Å². The zero-order valence-corrected chi connectivity index (χ0v) is 13.0. The van der Waals surface area contributed by atoms with Gasteiger partial charge in [0, 0.05) is 18.6 Å². The van der Waals surface area contributed by atoms with Gasteiger partial charge in [0.15, 0.2) is 0 Å². The summed E-state index contributed by atoms with van der Waals surface area (Å²) in [7, 11) is 4.43. The second-order valence-electron chi connectivity index (χ2n) is 6.79. The van der Waals surface area contributed by atoms with Crippen LogP contribution in [0.15, 0.2) is 0 Å². The van der Waals surface area contributed by atoms with Crippen LogP contribution >= 0.6 is 0 Å². The van der Waals surface area contributed by atoms with Crippen molar-refractivity contribution in [2.75, 3.05) is 33.7 Å². The SMILES string of the molecule is CN(C)C1CCN(C(CN)C2CCCCCC2)CC1. The van der Waals surface area contributed by atoms with Crippen LogP contribution in [0.2, 0.25) is 0 Å². The van der Waals surface area contributed by atoms with Gasteiger partial charge in [0.25, 0.3) is 0 Å². The van der Waals surface area contributed by atoms with Gasteiger partial charge in [-0.1, -0.05) is 25.7 Å². The number of likely N-dealkylation sites (tertiary alicyclic amines) is 1. The van der Waals surface area contributed by atoms with Crippen molar-refractivity contribution in [3.8, 4) is 0 Å². The van der Waals surface area contributed by atoms with Crippen LogP contribution in [0.4, 0.5) is 0 Å². The number of nitrogens with two attached hydrogens (primary N) is 1. The third kappa shape index (κ3) is 4.17. The molecule has 1 saturated carbocycles. The molecule has 0 amide bonds. The normalized spacial score (nSPS) is 26.5. The summed E-state index contributed by atoms with van der Waals surface area (Å²) in [6.07, 6.45) is 11.2. The maximum absolute atomic E-state index is 6.13. The predicted molar refractivity (Wildman–Crippen MR) is 82.3 cm³/mol. The third-order valence-corrected chi connectivity index (χ3v) is 5.38. The van der Waals surface area contributed by atoms with Crippen molar-refractivity contribution in [1.82, 2.24) is 9.80 Å². The van der Waals surface area contributed by atoms with Gasteiger partial charge < -0.3 is 10.6 Å². The van der Waals surface area contributed by atoms with E-state index in [4.69, 9.17) is 5.73 Å². The molecule has 2 fully saturated rings. The van der Waals surface area contributed by atoms with Gasteiger partial charge in [-0.05, 0) is 58.8 Å². The summed E-state index contributed by atoms with van der Waals surface area (Å²) < 4.78 is 0. The van der Waals surface area contributed by atoms with Crippen LogP contribution < -0.4 is 5.73 Å². The molecule has 0 spiro atoms. The Morgan fingerprint density at radius 1 is 1.00 bits per heavy atom. The first-order valence-corrected chi connectivity index (χ1v) is 8.33. The quantitative estimate of drug-likeness (QED) is 0.793. The average molecular weight is 267 g/mol. The highest BCUT2D eigenvalue weighted by Crippen LogP contribution is 2.29. The first-order valence-electron chi connectivity index (χ1n) is 8.33. The van der Waals surface area contributed by atoms with Gasteiger partial charge in [-0.2, -0.15) is 0 Å². The Hall–Kier alpha value is -0.120. The van der Waals surface area contributed by atoms with Crippen molar-refractivity contribution in [3.05, 3.63) is 0 Å². The van der Waals surface area contributed by atoms with Crippen LogP contribution in [0.1, 0.15) is 51.4 Å². The Morgan fingerprint density at radius 2 is 1.58 bits per heavy atom. The van der Waals surface area contributed by atoms with Gasteiger partial charge in [0.1, 0.15) is 0 Å². The molecule has 112 valence electrons. The highest BCUT2D eigenvalue weighted by Gasteiger charge is 2.30. The Kier molecular flexibility index (Phi) is 6.11. The molecule has 2 rings (SSSR count). The lowest BCUT2D eigenvalue weighted by Gasteiger charge is -2.42. The predicted octanol–water partition coefficient (Wildman–Crippen LogP) is 2.31. The molecule has 0 aromatic heterocycles. The standard InChI is InChI=1S/C16H33N3/c1-18(2)15-9-11-19(12-10-15)16(13-17)14-7-5-3-4-6-8-14/h14-16H,3-13,17H2,1-2H3. The molecular formula is C16H33N3. The van der Waals surface area contributed by atoms with Gasteiger partial charge in [-0.25, -0.2) is 0 Å². The summed E-state index contributed by atoms with van der Waals surface area (Å²) in [6, 6.07) is 1.44. The van der Waals surface area contributed by atoms with Crippen molar-refractivity contribution in [1.29, 1.82) is 0 Å². The van der Waals surface area contributed by atoms with Gasteiger partial charge in [-0.15, -0.1) is 0 Å². The highest BCUT2D eigenvalue weighted by atomic mass is 15.2. The number of piperidine rings is 1. The van der Waals surface area contributed by atoms with Gasteiger partial charge >= 0.3 is 0 Å². The highest BCUT2D eigenvalue weighted by molar-refractivity contribution is 4.86. The second kappa shape index (κ2) is 7.61. The fraction of sp³-hybridized carbons (Fsp3) is 1.00.